The Morgan fingerprint density at radius 3 is 2.79 bits per heavy atom. The smallest absolute Gasteiger partial charge is 0.282 e. The van der Waals surface area contributed by atoms with Crippen molar-refractivity contribution in [1.29, 1.82) is 0 Å². The van der Waals surface area contributed by atoms with E-state index < -0.39 is 0 Å². The van der Waals surface area contributed by atoms with E-state index in [0.717, 1.165) is 57.2 Å². The van der Waals surface area contributed by atoms with Crippen molar-refractivity contribution in [2.75, 3.05) is 38.1 Å². The Bertz CT molecular complexity index is 849. The van der Waals surface area contributed by atoms with E-state index in [1.807, 2.05) is 25.1 Å². The van der Waals surface area contributed by atoms with Gasteiger partial charge in [-0.05, 0) is 48.9 Å². The lowest BCUT2D eigenvalue weighted by atomic mass is 10.1. The number of nitrogens with one attached hydrogen (secondary N) is 3. The van der Waals surface area contributed by atoms with Gasteiger partial charge in [0.1, 0.15) is 38.5 Å². The number of piperazine rings is 1. The maximum atomic E-state index is 12.6. The van der Waals surface area contributed by atoms with E-state index in [-0.39, 0.29) is 11.9 Å². The highest BCUT2D eigenvalue weighted by Gasteiger charge is 2.31. The molecule has 28 heavy (non-hydrogen) atoms. The van der Waals surface area contributed by atoms with E-state index in [1.165, 1.54) is 16.0 Å². The first kappa shape index (κ1) is 19.2. The number of fused-ring (bicyclic) bond motifs is 1. The summed E-state index contributed by atoms with van der Waals surface area (Å²) in [5.74, 6) is 1.10. The molecule has 4 rings (SSSR count). The highest BCUT2D eigenvalue weighted by Crippen LogP contribution is 2.25. The van der Waals surface area contributed by atoms with E-state index in [1.54, 1.807) is 11.0 Å². The molecule has 0 spiro atoms. The van der Waals surface area contributed by atoms with Crippen LogP contribution in [0.3, 0.4) is 0 Å². The maximum Gasteiger partial charge on any atom is 0.282 e. The van der Waals surface area contributed by atoms with E-state index in [2.05, 4.69) is 23.5 Å². The molecule has 148 valence electrons. The number of ether oxygens (including phenoxy) is 1. The van der Waals surface area contributed by atoms with Gasteiger partial charge < -0.3 is 19.9 Å². The fourth-order valence-electron chi connectivity index (χ4n) is 4.18. The van der Waals surface area contributed by atoms with Gasteiger partial charge in [0.05, 0.1) is 6.61 Å². The van der Waals surface area contributed by atoms with Crippen molar-refractivity contribution < 1.29 is 19.3 Å². The Labute approximate surface area is 171 Å². The second kappa shape index (κ2) is 8.52. The Morgan fingerprint density at radius 1 is 1.18 bits per heavy atom. The molecule has 0 radical (unpaired) electrons. The van der Waals surface area contributed by atoms with Crippen molar-refractivity contribution in [2.24, 2.45) is 0 Å². The molecule has 2 aromatic carbocycles. The van der Waals surface area contributed by atoms with Crippen LogP contribution in [0.15, 0.2) is 42.5 Å². The van der Waals surface area contributed by atoms with Crippen molar-refractivity contribution in [2.45, 2.75) is 25.9 Å². The Morgan fingerprint density at radius 2 is 2.00 bits per heavy atom. The minimum absolute atomic E-state index is 0.0549. The summed E-state index contributed by atoms with van der Waals surface area (Å²) in [7, 11) is 0. The molecule has 2 aliphatic heterocycles. The fraction of sp³-hybridized carbons (Fsp3) is 0.409. The number of carbonyl (C=O) groups is 1. The van der Waals surface area contributed by atoms with Gasteiger partial charge >= 0.3 is 0 Å². The molecule has 1 amide bonds. The number of halogens is 1. The van der Waals surface area contributed by atoms with Crippen LogP contribution in [0.4, 0.5) is 5.69 Å². The van der Waals surface area contributed by atoms with Crippen LogP contribution in [-0.2, 0) is 17.8 Å². The number of benzene rings is 2. The van der Waals surface area contributed by atoms with Crippen LogP contribution in [0.25, 0.3) is 0 Å². The highest BCUT2D eigenvalue weighted by molar-refractivity contribution is 6.30. The number of hydrogen-bond acceptors (Lipinski definition) is 2. The molecule has 2 aromatic rings. The summed E-state index contributed by atoms with van der Waals surface area (Å²) in [6.45, 7) is 8.05. The van der Waals surface area contributed by atoms with Crippen LogP contribution in [-0.4, -0.2) is 44.7 Å². The van der Waals surface area contributed by atoms with Gasteiger partial charge in [-0.15, -0.1) is 0 Å². The minimum atomic E-state index is -0.0716. The zero-order valence-electron chi connectivity index (χ0n) is 16.3. The van der Waals surface area contributed by atoms with Gasteiger partial charge in [0.25, 0.3) is 5.91 Å². The van der Waals surface area contributed by atoms with Crippen LogP contribution < -0.4 is 19.9 Å². The summed E-state index contributed by atoms with van der Waals surface area (Å²) in [5.41, 5.74) is 3.48. The number of anilines is 1. The summed E-state index contributed by atoms with van der Waals surface area (Å²) in [5, 5.41) is 3.62. The lowest BCUT2D eigenvalue weighted by Gasteiger charge is -2.32. The number of hydrogen-bond donors (Lipinski definition) is 3. The zero-order valence-corrected chi connectivity index (χ0v) is 17.0. The molecule has 0 aliphatic carbocycles. The number of carbonyl (C=O) groups excluding carboxylic acids is 1. The van der Waals surface area contributed by atoms with Crippen molar-refractivity contribution in [1.82, 2.24) is 0 Å². The fourth-order valence-corrected chi connectivity index (χ4v) is 4.37. The standard InChI is InChI=1S/C22H26ClN3O2/c1-16(22(27)24-20-4-2-3-19(23)14-20)26-10-8-25(9-11-26)15-17-5-6-21-18(13-17)7-12-28-21/h2-6,13-14,16H,7-12,15H2,1H3,(H,24,27)/p+2/t16-/m0/s1. The van der Waals surface area contributed by atoms with Crippen LogP contribution in [0.5, 0.6) is 5.75 Å². The van der Waals surface area contributed by atoms with Crippen LogP contribution in [0.2, 0.25) is 5.02 Å². The van der Waals surface area contributed by atoms with Crippen molar-refractivity contribution in [3.8, 4) is 5.75 Å². The summed E-state index contributed by atoms with van der Waals surface area (Å²) < 4.78 is 5.60. The highest BCUT2D eigenvalue weighted by atomic mass is 35.5. The first-order chi connectivity index (χ1) is 13.6. The molecular weight excluding hydrogens is 374 g/mol. The SMILES string of the molecule is C[C@@H](C(=O)Nc1cccc(Cl)c1)[NH+]1CC[NH+](Cc2ccc3c(c2)CCO3)CC1. The molecule has 1 atom stereocenters. The summed E-state index contributed by atoms with van der Waals surface area (Å²) in [6, 6.07) is 13.8. The molecule has 1 fully saturated rings. The van der Waals surface area contributed by atoms with Crippen LogP contribution >= 0.6 is 11.6 Å². The van der Waals surface area contributed by atoms with Crippen molar-refractivity contribution in [3.63, 3.8) is 0 Å². The number of amides is 1. The lowest BCUT2D eigenvalue weighted by Crippen LogP contribution is -3.29. The van der Waals surface area contributed by atoms with Gasteiger partial charge in [-0.3, -0.25) is 4.79 Å². The molecule has 0 bridgehead atoms. The second-order valence-electron chi connectivity index (χ2n) is 7.85. The summed E-state index contributed by atoms with van der Waals surface area (Å²) in [4.78, 5) is 15.6. The third kappa shape index (κ3) is 4.49. The Kier molecular flexibility index (Phi) is 5.85. The van der Waals surface area contributed by atoms with Crippen molar-refractivity contribution in [3.05, 3.63) is 58.6 Å². The predicted octanol–water partition coefficient (Wildman–Crippen LogP) is 0.586. The third-order valence-electron chi connectivity index (χ3n) is 5.91. The Balaban J connectivity index is 1.28. The van der Waals surface area contributed by atoms with E-state index in [9.17, 15) is 4.79 Å². The zero-order chi connectivity index (χ0) is 19.5. The Hall–Kier alpha value is -2.08. The van der Waals surface area contributed by atoms with E-state index in [4.69, 9.17) is 16.3 Å². The average Bonchev–Trinajstić information content (AvgIpc) is 3.16. The lowest BCUT2D eigenvalue weighted by molar-refractivity contribution is -1.02. The number of quaternary nitrogens is 2. The molecule has 6 heteroatoms. The monoisotopic (exact) mass is 401 g/mol. The quantitative estimate of drug-likeness (QED) is 0.686. The average molecular weight is 402 g/mol. The molecule has 5 nitrogen and oxygen atoms in total. The van der Waals surface area contributed by atoms with Gasteiger partial charge in [0.15, 0.2) is 6.04 Å². The molecule has 0 aromatic heterocycles. The molecule has 1 saturated heterocycles. The molecule has 2 aliphatic rings. The molecular formula is C22H28ClN3O2+2. The largest absolute Gasteiger partial charge is 0.493 e. The van der Waals surface area contributed by atoms with Gasteiger partial charge in [-0.25, -0.2) is 0 Å². The second-order valence-corrected chi connectivity index (χ2v) is 8.28. The summed E-state index contributed by atoms with van der Waals surface area (Å²) >= 11 is 6.00. The third-order valence-corrected chi connectivity index (χ3v) is 6.14. The first-order valence-electron chi connectivity index (χ1n) is 10.1. The normalized spacial score (nSPS) is 22.2. The van der Waals surface area contributed by atoms with Crippen molar-refractivity contribution >= 4 is 23.2 Å². The van der Waals surface area contributed by atoms with Crippen LogP contribution in [0.1, 0.15) is 18.1 Å². The maximum absolute atomic E-state index is 12.6. The molecule has 0 unspecified atom stereocenters. The molecule has 2 heterocycles. The first-order valence-corrected chi connectivity index (χ1v) is 10.5. The number of rotatable bonds is 5. The van der Waals surface area contributed by atoms with Gasteiger partial charge in [0.2, 0.25) is 0 Å². The van der Waals surface area contributed by atoms with E-state index >= 15 is 0 Å². The van der Waals surface area contributed by atoms with Crippen LogP contribution in [0, 0.1) is 0 Å². The molecule has 3 N–H and O–H groups in total. The van der Waals surface area contributed by atoms with Gasteiger partial charge in [-0.1, -0.05) is 17.7 Å². The summed E-state index contributed by atoms with van der Waals surface area (Å²) in [6.07, 6.45) is 1.02. The predicted molar refractivity (Wildman–Crippen MR) is 110 cm³/mol. The topological polar surface area (TPSA) is 47.2 Å². The minimum Gasteiger partial charge on any atom is -0.493 e. The van der Waals surface area contributed by atoms with E-state index in [0.29, 0.717) is 5.02 Å². The van der Waals surface area contributed by atoms with Gasteiger partial charge in [-0.2, -0.15) is 0 Å². The van der Waals surface area contributed by atoms with Gasteiger partial charge in [0, 0.05) is 22.7 Å². The molecule has 0 saturated carbocycles.